The van der Waals surface area contributed by atoms with Crippen LogP contribution in [0.15, 0.2) is 72.1 Å². The van der Waals surface area contributed by atoms with E-state index in [1.807, 2.05) is 11.3 Å². The Hall–Kier alpha value is -2.42. The molecule has 5 aromatic rings. The molecule has 2 heteroatoms. The molecule has 5 rings (SSSR count). The van der Waals surface area contributed by atoms with Crippen LogP contribution in [0.4, 0.5) is 0 Å². The van der Waals surface area contributed by atoms with Gasteiger partial charge in [0.2, 0.25) is 0 Å². The number of thiophene rings is 2. The summed E-state index contributed by atoms with van der Waals surface area (Å²) in [6.07, 6.45) is 4.44. The molecule has 0 aliphatic heterocycles. The molecular formula is C22H14S2. The molecule has 3 aromatic carbocycles. The van der Waals surface area contributed by atoms with E-state index < -0.39 is 0 Å². The predicted octanol–water partition coefficient (Wildman–Crippen LogP) is 7.44. The van der Waals surface area contributed by atoms with Gasteiger partial charge in [0.15, 0.2) is 0 Å². The Balaban J connectivity index is 1.54. The van der Waals surface area contributed by atoms with E-state index >= 15 is 0 Å². The molecule has 2 heterocycles. The van der Waals surface area contributed by atoms with Crippen molar-refractivity contribution in [2.45, 2.75) is 0 Å². The van der Waals surface area contributed by atoms with Gasteiger partial charge in [0.1, 0.15) is 0 Å². The molecule has 0 amide bonds. The second-order valence-corrected chi connectivity index (χ2v) is 8.00. The highest BCUT2D eigenvalue weighted by Crippen LogP contribution is 2.31. The van der Waals surface area contributed by atoms with Gasteiger partial charge < -0.3 is 0 Å². The number of hydrogen-bond donors (Lipinski definition) is 0. The Kier molecular flexibility index (Phi) is 3.25. The third-order valence-electron chi connectivity index (χ3n) is 4.32. The molecule has 2 aromatic heterocycles. The normalized spacial score (nSPS) is 12.0. The Morgan fingerprint density at radius 2 is 1.50 bits per heavy atom. The number of rotatable bonds is 2. The summed E-state index contributed by atoms with van der Waals surface area (Å²) >= 11 is 3.65. The molecule has 24 heavy (non-hydrogen) atoms. The third kappa shape index (κ3) is 2.44. The van der Waals surface area contributed by atoms with E-state index in [-0.39, 0.29) is 0 Å². The van der Waals surface area contributed by atoms with E-state index in [9.17, 15) is 0 Å². The van der Waals surface area contributed by atoms with Crippen LogP contribution in [0.25, 0.3) is 43.1 Å². The SMILES string of the molecule is C(=Cc1cc2cc3ccccc3cc2s1)c1ccc2ccsc2c1. The molecule has 0 unspecified atom stereocenters. The van der Waals surface area contributed by atoms with E-state index in [1.165, 1.54) is 41.4 Å². The monoisotopic (exact) mass is 342 g/mol. The van der Waals surface area contributed by atoms with Crippen LogP contribution in [0, 0.1) is 0 Å². The lowest BCUT2D eigenvalue weighted by Crippen LogP contribution is -1.70. The van der Waals surface area contributed by atoms with Gasteiger partial charge in [-0.05, 0) is 68.9 Å². The minimum Gasteiger partial charge on any atom is -0.144 e. The van der Waals surface area contributed by atoms with Gasteiger partial charge >= 0.3 is 0 Å². The second-order valence-electron chi connectivity index (χ2n) is 5.94. The van der Waals surface area contributed by atoms with Crippen LogP contribution in [0.5, 0.6) is 0 Å². The van der Waals surface area contributed by atoms with E-state index in [0.29, 0.717) is 0 Å². The summed E-state index contributed by atoms with van der Waals surface area (Å²) in [5, 5.41) is 7.42. The number of fused-ring (bicyclic) bond motifs is 3. The van der Waals surface area contributed by atoms with Crippen molar-refractivity contribution in [3.8, 4) is 0 Å². The molecule has 0 atom stereocenters. The van der Waals surface area contributed by atoms with Crippen LogP contribution in [-0.4, -0.2) is 0 Å². The van der Waals surface area contributed by atoms with Gasteiger partial charge in [-0.25, -0.2) is 0 Å². The smallest absolute Gasteiger partial charge is 0.0355 e. The van der Waals surface area contributed by atoms with Crippen LogP contribution in [0.1, 0.15) is 10.4 Å². The Labute approximate surface area is 148 Å². The maximum atomic E-state index is 2.30. The Morgan fingerprint density at radius 1 is 0.625 bits per heavy atom. The summed E-state index contributed by atoms with van der Waals surface area (Å²) in [5.74, 6) is 0. The standard InChI is InChI=1S/C22H14S2/c1-2-4-18-14-22-19(12-17(18)3-1)13-20(24-22)8-6-15-5-7-16-9-10-23-21(16)11-15/h1-14H. The molecule has 0 N–H and O–H groups in total. The van der Waals surface area contributed by atoms with E-state index in [4.69, 9.17) is 0 Å². The molecular weight excluding hydrogens is 328 g/mol. The summed E-state index contributed by atoms with van der Waals surface area (Å²) in [4.78, 5) is 1.30. The van der Waals surface area contributed by atoms with Gasteiger partial charge in [-0.3, -0.25) is 0 Å². The van der Waals surface area contributed by atoms with Crippen LogP contribution >= 0.6 is 22.7 Å². The summed E-state index contributed by atoms with van der Waals surface area (Å²) < 4.78 is 2.70. The molecule has 114 valence electrons. The second kappa shape index (κ2) is 5.59. The number of benzene rings is 3. The average molecular weight is 342 g/mol. The molecule has 0 nitrogen and oxygen atoms in total. The predicted molar refractivity (Wildman–Crippen MR) is 110 cm³/mol. The quantitative estimate of drug-likeness (QED) is 0.313. The highest BCUT2D eigenvalue weighted by molar-refractivity contribution is 7.20. The Morgan fingerprint density at radius 3 is 2.42 bits per heavy atom. The van der Waals surface area contributed by atoms with Crippen LogP contribution < -0.4 is 0 Å². The first-order valence-corrected chi connectivity index (χ1v) is 9.62. The first kappa shape index (κ1) is 14.0. The van der Waals surface area contributed by atoms with Crippen LogP contribution in [-0.2, 0) is 0 Å². The lowest BCUT2D eigenvalue weighted by atomic mass is 10.1. The molecule has 0 saturated heterocycles. The topological polar surface area (TPSA) is 0 Å². The highest BCUT2D eigenvalue weighted by Gasteiger charge is 2.02. The van der Waals surface area contributed by atoms with Crippen LogP contribution in [0.2, 0.25) is 0 Å². The first-order valence-electron chi connectivity index (χ1n) is 7.93. The molecule has 0 aliphatic carbocycles. The van der Waals surface area contributed by atoms with Crippen molar-refractivity contribution in [3.63, 3.8) is 0 Å². The summed E-state index contributed by atoms with van der Waals surface area (Å²) in [6.45, 7) is 0. The molecule has 0 spiro atoms. The maximum absolute atomic E-state index is 2.30. The van der Waals surface area contributed by atoms with Crippen molar-refractivity contribution in [2.75, 3.05) is 0 Å². The fraction of sp³-hybridized carbons (Fsp3) is 0. The summed E-state index contributed by atoms with van der Waals surface area (Å²) in [5.41, 5.74) is 1.26. The van der Waals surface area contributed by atoms with E-state index in [2.05, 4.69) is 84.3 Å². The third-order valence-corrected chi connectivity index (χ3v) is 6.27. The van der Waals surface area contributed by atoms with Crippen molar-refractivity contribution in [3.05, 3.63) is 82.6 Å². The van der Waals surface area contributed by atoms with Crippen molar-refractivity contribution in [1.82, 2.24) is 0 Å². The summed E-state index contributed by atoms with van der Waals surface area (Å²) in [7, 11) is 0. The van der Waals surface area contributed by atoms with Gasteiger partial charge in [0, 0.05) is 14.3 Å². The number of hydrogen-bond acceptors (Lipinski definition) is 2. The van der Waals surface area contributed by atoms with Crippen molar-refractivity contribution in [1.29, 1.82) is 0 Å². The maximum Gasteiger partial charge on any atom is 0.0355 e. The first-order chi connectivity index (χ1) is 11.8. The fourth-order valence-corrected chi connectivity index (χ4v) is 4.92. The Bertz CT molecular complexity index is 1150. The molecule has 0 bridgehead atoms. The zero-order valence-electron chi connectivity index (χ0n) is 12.9. The fourth-order valence-electron chi connectivity index (χ4n) is 3.08. The van der Waals surface area contributed by atoms with Crippen molar-refractivity contribution >= 4 is 65.8 Å². The summed E-state index contributed by atoms with van der Waals surface area (Å²) in [6, 6.07) is 24.2. The van der Waals surface area contributed by atoms with Gasteiger partial charge in [0.05, 0.1) is 0 Å². The van der Waals surface area contributed by atoms with Gasteiger partial charge in [0.25, 0.3) is 0 Å². The lowest BCUT2D eigenvalue weighted by molar-refractivity contribution is 1.78. The van der Waals surface area contributed by atoms with Crippen molar-refractivity contribution < 1.29 is 0 Å². The minimum atomic E-state index is 1.26. The van der Waals surface area contributed by atoms with E-state index in [0.717, 1.165) is 0 Å². The van der Waals surface area contributed by atoms with Gasteiger partial charge in [-0.1, -0.05) is 42.5 Å². The molecule has 0 aliphatic rings. The molecule has 0 saturated carbocycles. The largest absolute Gasteiger partial charge is 0.144 e. The highest BCUT2D eigenvalue weighted by atomic mass is 32.1. The van der Waals surface area contributed by atoms with Crippen molar-refractivity contribution in [2.24, 2.45) is 0 Å². The molecule has 0 fully saturated rings. The zero-order valence-corrected chi connectivity index (χ0v) is 14.5. The lowest BCUT2D eigenvalue weighted by Gasteiger charge is -1.96. The average Bonchev–Trinajstić information content (AvgIpc) is 3.23. The minimum absolute atomic E-state index is 1.26. The van der Waals surface area contributed by atoms with Gasteiger partial charge in [-0.15, -0.1) is 22.7 Å². The van der Waals surface area contributed by atoms with E-state index in [1.54, 1.807) is 11.3 Å². The molecule has 0 radical (unpaired) electrons. The van der Waals surface area contributed by atoms with Gasteiger partial charge in [-0.2, -0.15) is 0 Å². The zero-order chi connectivity index (χ0) is 15.9. The van der Waals surface area contributed by atoms with Crippen LogP contribution in [0.3, 0.4) is 0 Å².